The van der Waals surface area contributed by atoms with Gasteiger partial charge in [-0.1, -0.05) is 20.8 Å². The summed E-state index contributed by atoms with van der Waals surface area (Å²) in [5.74, 6) is 1.50. The number of hydrogen-bond donors (Lipinski definition) is 1. The van der Waals surface area contributed by atoms with E-state index in [1.165, 1.54) is 0 Å². The number of amides is 1. The van der Waals surface area contributed by atoms with Crippen molar-refractivity contribution in [1.82, 2.24) is 5.32 Å². The molecule has 106 valence electrons. The maximum Gasteiger partial charge on any atom is 0.220 e. The maximum atomic E-state index is 11.8. The fraction of sp³-hybridized carbons (Fsp3) is 0.533. The second-order valence-corrected chi connectivity index (χ2v) is 5.69. The quantitative estimate of drug-likeness (QED) is 0.890. The van der Waals surface area contributed by atoms with Gasteiger partial charge in [0.2, 0.25) is 5.91 Å². The fourth-order valence-electron chi connectivity index (χ4n) is 1.74. The predicted octanol–water partition coefficient (Wildman–Crippen LogP) is 2.76. The molecule has 0 saturated carbocycles. The predicted molar refractivity (Wildman–Crippen MR) is 75.5 cm³/mol. The van der Waals surface area contributed by atoms with Crippen molar-refractivity contribution in [2.45, 2.75) is 33.7 Å². The highest BCUT2D eigenvalue weighted by molar-refractivity contribution is 5.76. The minimum absolute atomic E-state index is 0.00588. The molecule has 4 heteroatoms. The van der Waals surface area contributed by atoms with E-state index >= 15 is 0 Å². The van der Waals surface area contributed by atoms with Crippen molar-refractivity contribution >= 4 is 5.91 Å². The molecule has 0 spiro atoms. The van der Waals surface area contributed by atoms with Gasteiger partial charge in [-0.25, -0.2) is 0 Å². The summed E-state index contributed by atoms with van der Waals surface area (Å²) in [6, 6.07) is 5.56. The van der Waals surface area contributed by atoms with Crippen LogP contribution in [0.1, 0.15) is 32.8 Å². The molecule has 0 aliphatic carbocycles. The highest BCUT2D eigenvalue weighted by Gasteiger charge is 2.16. The van der Waals surface area contributed by atoms with Crippen molar-refractivity contribution in [3.8, 4) is 11.5 Å². The minimum Gasteiger partial charge on any atom is -0.497 e. The van der Waals surface area contributed by atoms with Gasteiger partial charge in [-0.15, -0.1) is 0 Å². The van der Waals surface area contributed by atoms with E-state index in [9.17, 15) is 4.79 Å². The number of hydrogen-bond acceptors (Lipinski definition) is 3. The summed E-state index contributed by atoms with van der Waals surface area (Å²) in [5, 5.41) is 2.91. The Morgan fingerprint density at radius 1 is 1.21 bits per heavy atom. The molecular weight excluding hydrogens is 242 g/mol. The molecule has 1 N–H and O–H groups in total. The molecule has 0 fully saturated rings. The van der Waals surface area contributed by atoms with E-state index in [-0.39, 0.29) is 11.3 Å². The Hall–Kier alpha value is -1.71. The highest BCUT2D eigenvalue weighted by Crippen LogP contribution is 2.24. The number of carbonyl (C=O) groups is 1. The Morgan fingerprint density at radius 2 is 1.89 bits per heavy atom. The van der Waals surface area contributed by atoms with Gasteiger partial charge in [0.05, 0.1) is 14.2 Å². The Bertz CT molecular complexity index is 436. The zero-order valence-electron chi connectivity index (χ0n) is 12.4. The highest BCUT2D eigenvalue weighted by atomic mass is 16.5. The Kier molecular flexibility index (Phi) is 5.21. The van der Waals surface area contributed by atoms with Gasteiger partial charge in [0.15, 0.2) is 0 Å². The lowest BCUT2D eigenvalue weighted by Crippen LogP contribution is -2.27. The van der Waals surface area contributed by atoms with Crippen LogP contribution in [0, 0.1) is 5.41 Å². The van der Waals surface area contributed by atoms with Crippen LogP contribution in [0.4, 0.5) is 0 Å². The van der Waals surface area contributed by atoms with Crippen LogP contribution in [0.15, 0.2) is 18.2 Å². The van der Waals surface area contributed by atoms with Crippen LogP contribution >= 0.6 is 0 Å². The third-order valence-electron chi connectivity index (χ3n) is 2.66. The van der Waals surface area contributed by atoms with Crippen molar-refractivity contribution in [3.63, 3.8) is 0 Å². The molecule has 0 saturated heterocycles. The lowest BCUT2D eigenvalue weighted by atomic mass is 9.92. The molecule has 0 bridgehead atoms. The summed E-state index contributed by atoms with van der Waals surface area (Å²) >= 11 is 0. The summed E-state index contributed by atoms with van der Waals surface area (Å²) in [6.07, 6.45) is 0.505. The number of methoxy groups -OCH3 is 2. The molecule has 0 radical (unpaired) electrons. The topological polar surface area (TPSA) is 47.6 Å². The van der Waals surface area contributed by atoms with Crippen molar-refractivity contribution in [2.75, 3.05) is 14.2 Å². The van der Waals surface area contributed by atoms with Gasteiger partial charge < -0.3 is 14.8 Å². The van der Waals surface area contributed by atoms with Crippen LogP contribution in [-0.4, -0.2) is 20.1 Å². The fourth-order valence-corrected chi connectivity index (χ4v) is 1.74. The van der Waals surface area contributed by atoms with Gasteiger partial charge in [0.1, 0.15) is 11.5 Å². The van der Waals surface area contributed by atoms with E-state index in [0.717, 1.165) is 17.1 Å². The lowest BCUT2D eigenvalue weighted by molar-refractivity contribution is -0.122. The first-order valence-electron chi connectivity index (χ1n) is 6.33. The van der Waals surface area contributed by atoms with Crippen molar-refractivity contribution in [3.05, 3.63) is 23.8 Å². The molecule has 0 aromatic heterocycles. The van der Waals surface area contributed by atoms with Crippen molar-refractivity contribution in [2.24, 2.45) is 5.41 Å². The first-order chi connectivity index (χ1) is 8.85. The van der Waals surface area contributed by atoms with Gasteiger partial charge in [0, 0.05) is 24.6 Å². The van der Waals surface area contributed by atoms with Gasteiger partial charge in [-0.2, -0.15) is 0 Å². The summed E-state index contributed by atoms with van der Waals surface area (Å²) in [7, 11) is 3.22. The molecule has 1 amide bonds. The van der Waals surface area contributed by atoms with Gasteiger partial charge >= 0.3 is 0 Å². The standard InChI is InChI=1S/C15H23NO3/c1-15(2,3)9-14(17)16-10-11-6-7-12(18-4)8-13(11)19-5/h6-8H,9-10H2,1-5H3,(H,16,17). The van der Waals surface area contributed by atoms with E-state index < -0.39 is 0 Å². The number of ether oxygens (including phenoxy) is 2. The van der Waals surface area contributed by atoms with E-state index in [1.54, 1.807) is 14.2 Å². The van der Waals surface area contributed by atoms with Crippen LogP contribution < -0.4 is 14.8 Å². The molecule has 0 aliphatic heterocycles. The SMILES string of the molecule is COc1ccc(CNC(=O)CC(C)(C)C)c(OC)c1. The third-order valence-corrected chi connectivity index (χ3v) is 2.66. The van der Waals surface area contributed by atoms with Gasteiger partial charge in [-0.05, 0) is 17.5 Å². The molecule has 0 atom stereocenters. The average molecular weight is 265 g/mol. The van der Waals surface area contributed by atoms with E-state index in [0.29, 0.717) is 13.0 Å². The van der Waals surface area contributed by atoms with E-state index in [4.69, 9.17) is 9.47 Å². The normalized spacial score (nSPS) is 11.0. The van der Waals surface area contributed by atoms with E-state index in [1.807, 2.05) is 39.0 Å². The van der Waals surface area contributed by atoms with Gasteiger partial charge in [-0.3, -0.25) is 4.79 Å². The number of rotatable bonds is 5. The molecule has 1 rings (SSSR count). The first kappa shape index (κ1) is 15.3. The maximum absolute atomic E-state index is 11.8. The first-order valence-corrected chi connectivity index (χ1v) is 6.33. The van der Waals surface area contributed by atoms with Crippen LogP contribution in [-0.2, 0) is 11.3 Å². The van der Waals surface area contributed by atoms with E-state index in [2.05, 4.69) is 5.32 Å². The summed E-state index contributed by atoms with van der Waals surface area (Å²) in [6.45, 7) is 6.59. The number of benzene rings is 1. The molecule has 19 heavy (non-hydrogen) atoms. The average Bonchev–Trinajstić information content (AvgIpc) is 2.34. The molecule has 0 aliphatic rings. The Balaban J connectivity index is 2.65. The minimum atomic E-state index is -0.00588. The lowest BCUT2D eigenvalue weighted by Gasteiger charge is -2.17. The van der Waals surface area contributed by atoms with Crippen molar-refractivity contribution in [1.29, 1.82) is 0 Å². The van der Waals surface area contributed by atoms with Crippen LogP contribution in [0.25, 0.3) is 0 Å². The number of carbonyl (C=O) groups excluding carboxylic acids is 1. The Labute approximate surface area is 115 Å². The van der Waals surface area contributed by atoms with Crippen LogP contribution in [0.3, 0.4) is 0 Å². The summed E-state index contributed by atoms with van der Waals surface area (Å²) < 4.78 is 10.4. The smallest absolute Gasteiger partial charge is 0.220 e. The largest absolute Gasteiger partial charge is 0.497 e. The molecular formula is C15H23NO3. The molecule has 1 aromatic carbocycles. The second kappa shape index (κ2) is 6.45. The van der Waals surface area contributed by atoms with Gasteiger partial charge in [0.25, 0.3) is 0 Å². The molecule has 0 unspecified atom stereocenters. The zero-order valence-corrected chi connectivity index (χ0v) is 12.4. The van der Waals surface area contributed by atoms with Crippen LogP contribution in [0.2, 0.25) is 0 Å². The Morgan fingerprint density at radius 3 is 2.42 bits per heavy atom. The third kappa shape index (κ3) is 5.20. The monoisotopic (exact) mass is 265 g/mol. The van der Waals surface area contributed by atoms with Crippen LogP contribution in [0.5, 0.6) is 11.5 Å². The molecule has 4 nitrogen and oxygen atoms in total. The summed E-state index contributed by atoms with van der Waals surface area (Å²) in [5.41, 5.74) is 0.930. The molecule has 1 aromatic rings. The number of nitrogens with one attached hydrogen (secondary N) is 1. The second-order valence-electron chi connectivity index (χ2n) is 5.69. The summed E-state index contributed by atoms with van der Waals surface area (Å²) in [4.78, 5) is 11.8. The van der Waals surface area contributed by atoms with Crippen molar-refractivity contribution < 1.29 is 14.3 Å². The molecule has 0 heterocycles. The zero-order chi connectivity index (χ0) is 14.5.